The molecule has 1 fully saturated rings. The van der Waals surface area contributed by atoms with Gasteiger partial charge >= 0.3 is 12.1 Å². The molecule has 1 aromatic carbocycles. The maximum atomic E-state index is 14.4. The van der Waals surface area contributed by atoms with Gasteiger partial charge in [-0.3, -0.25) is 4.79 Å². The lowest BCUT2D eigenvalue weighted by Crippen LogP contribution is -2.57. The van der Waals surface area contributed by atoms with Gasteiger partial charge in [0, 0.05) is 29.2 Å². The molecule has 2 rings (SSSR count). The molecule has 9 heteroatoms. The standard InChI is InChI=1S/C22H32FN3O5/c1-20(2,3)30-18(27)14-22(24-19(28)31-21(4,5)6)9-11-26(12-10-22)17-8-7-15(25-29)13-16(17)23/h7-8,13H,9-12,14H2,1-6H3,(H,24,28)/p+1. The van der Waals surface area contributed by atoms with Crippen LogP contribution < -0.4 is 15.4 Å². The molecule has 0 aromatic heterocycles. The van der Waals surface area contributed by atoms with Crippen LogP contribution in [-0.4, -0.2) is 41.9 Å². The van der Waals surface area contributed by atoms with Gasteiger partial charge in [0.2, 0.25) is 0 Å². The van der Waals surface area contributed by atoms with E-state index in [1.807, 2.05) is 4.90 Å². The molecule has 1 aliphatic rings. The molecular formula is C22H33FN3O5+. The largest absolute Gasteiger partial charge is 0.460 e. The Morgan fingerprint density at radius 1 is 1.10 bits per heavy atom. The number of esters is 1. The average Bonchev–Trinajstić information content (AvgIpc) is 2.59. The summed E-state index contributed by atoms with van der Waals surface area (Å²) in [5, 5.41) is 4.55. The van der Waals surface area contributed by atoms with Crippen LogP contribution in [0, 0.1) is 10.7 Å². The van der Waals surface area contributed by atoms with E-state index in [1.165, 1.54) is 12.1 Å². The number of amides is 1. The fraction of sp³-hybridized carbons (Fsp3) is 0.636. The maximum Gasteiger partial charge on any atom is 0.408 e. The predicted molar refractivity (Wildman–Crippen MR) is 114 cm³/mol. The van der Waals surface area contributed by atoms with Gasteiger partial charge < -0.3 is 19.7 Å². The highest BCUT2D eigenvalue weighted by atomic mass is 19.1. The number of nitrogens with one attached hydrogen (secondary N) is 2. The van der Waals surface area contributed by atoms with E-state index in [0.717, 1.165) is 6.07 Å². The predicted octanol–water partition coefficient (Wildman–Crippen LogP) is 2.90. The quantitative estimate of drug-likeness (QED) is 0.686. The minimum absolute atomic E-state index is 0.0150. The minimum atomic E-state index is -0.867. The van der Waals surface area contributed by atoms with Crippen LogP contribution in [0.2, 0.25) is 0 Å². The van der Waals surface area contributed by atoms with Crippen LogP contribution in [0.4, 0.5) is 20.6 Å². The van der Waals surface area contributed by atoms with E-state index in [0.29, 0.717) is 31.6 Å². The van der Waals surface area contributed by atoms with Crippen molar-refractivity contribution >= 4 is 23.4 Å². The molecule has 0 unspecified atom stereocenters. The molecule has 0 saturated carbocycles. The number of halogens is 1. The highest BCUT2D eigenvalue weighted by Crippen LogP contribution is 2.32. The smallest absolute Gasteiger partial charge is 0.408 e. The molecule has 1 saturated heterocycles. The van der Waals surface area contributed by atoms with E-state index < -0.39 is 34.6 Å². The van der Waals surface area contributed by atoms with Crippen LogP contribution in [0.15, 0.2) is 18.2 Å². The number of benzene rings is 1. The lowest BCUT2D eigenvalue weighted by Gasteiger charge is -2.43. The first kappa shape index (κ1) is 24.6. The molecule has 0 spiro atoms. The molecule has 8 nitrogen and oxygen atoms in total. The number of anilines is 1. The summed E-state index contributed by atoms with van der Waals surface area (Å²) in [5.41, 5.74) is -1.69. The molecule has 0 atom stereocenters. The number of rotatable bonds is 5. The maximum absolute atomic E-state index is 14.4. The first-order valence-electron chi connectivity index (χ1n) is 10.4. The van der Waals surface area contributed by atoms with E-state index in [2.05, 4.69) is 5.32 Å². The van der Waals surface area contributed by atoms with Gasteiger partial charge in [0.25, 0.3) is 5.69 Å². The van der Waals surface area contributed by atoms with Crippen LogP contribution in [0.5, 0.6) is 0 Å². The van der Waals surface area contributed by atoms with Gasteiger partial charge in [0.15, 0.2) is 5.82 Å². The molecule has 2 N–H and O–H groups in total. The summed E-state index contributed by atoms with van der Waals surface area (Å²) in [5.74, 6) is -0.936. The van der Waals surface area contributed by atoms with Crippen molar-refractivity contribution < 1.29 is 28.6 Å². The van der Waals surface area contributed by atoms with Crippen LogP contribution >= 0.6 is 0 Å². The molecule has 1 aromatic rings. The number of piperidine rings is 1. The summed E-state index contributed by atoms with van der Waals surface area (Å²) in [6, 6.07) is 4.19. The molecule has 1 amide bonds. The normalized spacial score (nSPS) is 16.4. The number of nitroso groups, excluding NO2 is 1. The molecule has 0 radical (unpaired) electrons. The Labute approximate surface area is 182 Å². The topological polar surface area (TPSA) is 98.9 Å². The van der Waals surface area contributed by atoms with Crippen molar-refractivity contribution in [2.45, 2.75) is 77.5 Å². The van der Waals surface area contributed by atoms with Crippen LogP contribution in [0.1, 0.15) is 60.8 Å². The van der Waals surface area contributed by atoms with Gasteiger partial charge in [-0.15, -0.1) is 0 Å². The zero-order valence-electron chi connectivity index (χ0n) is 19.1. The summed E-state index contributed by atoms with van der Waals surface area (Å²) < 4.78 is 25.3. The Morgan fingerprint density at radius 2 is 1.68 bits per heavy atom. The van der Waals surface area contributed by atoms with Crippen molar-refractivity contribution in [1.29, 1.82) is 0 Å². The second-order valence-electron chi connectivity index (χ2n) is 9.93. The lowest BCUT2D eigenvalue weighted by molar-refractivity contribution is -0.379. The third-order valence-corrected chi connectivity index (χ3v) is 4.80. The van der Waals surface area contributed by atoms with Crippen molar-refractivity contribution in [1.82, 2.24) is 5.32 Å². The van der Waals surface area contributed by atoms with E-state index in [-0.39, 0.29) is 12.1 Å². The Kier molecular flexibility index (Phi) is 7.28. The summed E-state index contributed by atoms with van der Waals surface area (Å²) in [6.07, 6.45) is 0.166. The molecule has 1 aliphatic heterocycles. The molecule has 0 aliphatic carbocycles. The van der Waals surface area contributed by atoms with Gasteiger partial charge in [-0.1, -0.05) is 0 Å². The van der Waals surface area contributed by atoms with Gasteiger partial charge in [0.05, 0.1) is 23.7 Å². The average molecular weight is 439 g/mol. The summed E-state index contributed by atoms with van der Waals surface area (Å²) in [7, 11) is 0. The van der Waals surface area contributed by atoms with Gasteiger partial charge in [-0.2, -0.15) is 0 Å². The van der Waals surface area contributed by atoms with Crippen molar-refractivity contribution in [3.8, 4) is 0 Å². The SMILES string of the molecule is CC(C)(C)OC(=O)CC1(NC(=O)OC(C)(C)C)CCN(c2ccc([NH+]=O)cc2F)CC1. The summed E-state index contributed by atoms with van der Waals surface area (Å²) >= 11 is 0. The van der Waals surface area contributed by atoms with E-state index in [4.69, 9.17) is 9.47 Å². The Hall–Kier alpha value is -2.71. The number of ether oxygens (including phenoxy) is 2. The second kappa shape index (κ2) is 9.20. The van der Waals surface area contributed by atoms with Crippen LogP contribution in [0.3, 0.4) is 0 Å². The number of hydrogen-bond acceptors (Lipinski definition) is 6. The van der Waals surface area contributed by atoms with Gasteiger partial charge in [-0.25, -0.2) is 9.18 Å². The van der Waals surface area contributed by atoms with E-state index in [9.17, 15) is 18.9 Å². The fourth-order valence-electron chi connectivity index (χ4n) is 3.52. The highest BCUT2D eigenvalue weighted by Gasteiger charge is 2.40. The van der Waals surface area contributed by atoms with Crippen LogP contribution in [0.25, 0.3) is 0 Å². The Bertz CT molecular complexity index is 789. The first-order valence-corrected chi connectivity index (χ1v) is 10.4. The summed E-state index contributed by atoms with van der Waals surface area (Å²) in [6.45, 7) is 11.4. The number of nitrogens with zero attached hydrogens (tertiary/aromatic N) is 1. The van der Waals surface area contributed by atoms with Gasteiger partial charge in [-0.05, 0) is 60.5 Å². The number of alkyl carbamates (subject to hydrolysis) is 1. The molecule has 172 valence electrons. The van der Waals surface area contributed by atoms with Crippen molar-refractivity contribution in [3.05, 3.63) is 28.9 Å². The third-order valence-electron chi connectivity index (χ3n) is 4.80. The lowest BCUT2D eigenvalue weighted by atomic mass is 9.84. The highest BCUT2D eigenvalue weighted by molar-refractivity contribution is 5.74. The minimum Gasteiger partial charge on any atom is -0.460 e. The number of hydrogen-bond donors (Lipinski definition) is 2. The first-order chi connectivity index (χ1) is 14.2. The van der Waals surface area contributed by atoms with Crippen molar-refractivity contribution in [3.63, 3.8) is 0 Å². The molecular weight excluding hydrogens is 405 g/mol. The summed E-state index contributed by atoms with van der Waals surface area (Å²) in [4.78, 5) is 37.6. The van der Waals surface area contributed by atoms with E-state index in [1.54, 1.807) is 46.7 Å². The van der Waals surface area contributed by atoms with Crippen molar-refractivity contribution in [2.24, 2.45) is 0 Å². The van der Waals surface area contributed by atoms with Gasteiger partial charge in [0.1, 0.15) is 11.2 Å². The third kappa shape index (κ3) is 7.48. The monoisotopic (exact) mass is 438 g/mol. The van der Waals surface area contributed by atoms with E-state index >= 15 is 0 Å². The molecule has 31 heavy (non-hydrogen) atoms. The Morgan fingerprint density at radius 3 is 2.16 bits per heavy atom. The van der Waals surface area contributed by atoms with Crippen LogP contribution in [-0.2, 0) is 14.3 Å². The Balaban J connectivity index is 2.17. The van der Waals surface area contributed by atoms with Crippen molar-refractivity contribution in [2.75, 3.05) is 18.0 Å². The number of carbonyl (C=O) groups is 2. The number of carbonyl (C=O) groups excluding carboxylic acids is 2. The second-order valence-corrected chi connectivity index (χ2v) is 9.93. The molecule has 0 bridgehead atoms. The zero-order chi connectivity index (χ0) is 23.4. The molecule has 1 heterocycles. The zero-order valence-corrected chi connectivity index (χ0v) is 19.1. The fourth-order valence-corrected chi connectivity index (χ4v) is 3.52.